The van der Waals surface area contributed by atoms with Crippen LogP contribution >= 0.6 is 0 Å². The van der Waals surface area contributed by atoms with Crippen molar-refractivity contribution in [2.75, 3.05) is 13.2 Å². The molecule has 0 aliphatic carbocycles. The zero-order valence-electron chi connectivity index (χ0n) is 9.10. The van der Waals surface area contributed by atoms with Gasteiger partial charge in [0, 0.05) is 18.3 Å². The molecule has 1 aliphatic heterocycles. The van der Waals surface area contributed by atoms with Crippen LogP contribution in [-0.2, 0) is 4.74 Å². The van der Waals surface area contributed by atoms with E-state index < -0.39 is 0 Å². The van der Waals surface area contributed by atoms with Crippen LogP contribution in [0.2, 0.25) is 0 Å². The number of ether oxygens (including phenoxy) is 1. The average molecular weight is 192 g/mol. The number of nitrogens with zero attached hydrogens (tertiary/aromatic N) is 2. The summed E-state index contributed by atoms with van der Waals surface area (Å²) in [4.78, 5) is 0. The van der Waals surface area contributed by atoms with Gasteiger partial charge >= 0.3 is 0 Å². The van der Waals surface area contributed by atoms with Crippen molar-refractivity contribution < 1.29 is 4.74 Å². The monoisotopic (exact) mass is 192 g/mol. The molecule has 2 atom stereocenters. The summed E-state index contributed by atoms with van der Waals surface area (Å²) in [5.41, 5.74) is 0.717. The molecule has 2 rings (SSSR count). The molecule has 1 fully saturated rings. The molecule has 0 aromatic carbocycles. The number of rotatable bonds is 1. The van der Waals surface area contributed by atoms with E-state index in [1.807, 2.05) is 24.7 Å². The maximum absolute atomic E-state index is 5.57. The average Bonchev–Trinajstić information content (AvgIpc) is 2.78. The van der Waals surface area contributed by atoms with Crippen LogP contribution in [0.15, 0.2) is 12.4 Å². The standard InChI is InChI=1S/C8H11BN2O.C2H6/c1-6-4-12-5-8(6)11-3-7(9)2-10-11;1-2/h2-3,6,8H,4-5H2,1H3;1-2H3/t6?,8-;/m0./s1. The van der Waals surface area contributed by atoms with E-state index in [1.54, 1.807) is 6.20 Å². The smallest absolute Gasteiger partial charge is 0.118 e. The Morgan fingerprint density at radius 2 is 2.21 bits per heavy atom. The highest BCUT2D eigenvalue weighted by Crippen LogP contribution is 2.23. The molecule has 1 unspecified atom stereocenters. The first-order valence-corrected chi connectivity index (χ1v) is 5.15. The summed E-state index contributed by atoms with van der Waals surface area (Å²) in [6, 6.07) is 0.363. The third kappa shape index (κ3) is 2.38. The molecule has 0 amide bonds. The van der Waals surface area contributed by atoms with Crippen LogP contribution in [-0.4, -0.2) is 30.8 Å². The van der Waals surface area contributed by atoms with Gasteiger partial charge in [0.15, 0.2) is 0 Å². The van der Waals surface area contributed by atoms with E-state index in [9.17, 15) is 0 Å². The van der Waals surface area contributed by atoms with Gasteiger partial charge in [-0.25, -0.2) is 0 Å². The van der Waals surface area contributed by atoms with Crippen molar-refractivity contribution in [1.29, 1.82) is 0 Å². The summed E-state index contributed by atoms with van der Waals surface area (Å²) < 4.78 is 7.23. The normalized spacial score (nSPS) is 25.6. The summed E-state index contributed by atoms with van der Waals surface area (Å²) in [6.07, 6.45) is 3.53. The van der Waals surface area contributed by atoms with Crippen molar-refractivity contribution in [3.8, 4) is 0 Å². The molecule has 1 aromatic heterocycles. The topological polar surface area (TPSA) is 27.1 Å². The summed E-state index contributed by atoms with van der Waals surface area (Å²) in [5, 5.41) is 4.16. The van der Waals surface area contributed by atoms with E-state index in [-0.39, 0.29) is 0 Å². The lowest BCUT2D eigenvalue weighted by atomic mass is 10.0. The van der Waals surface area contributed by atoms with Crippen LogP contribution in [0.1, 0.15) is 26.8 Å². The quantitative estimate of drug-likeness (QED) is 0.618. The van der Waals surface area contributed by atoms with Gasteiger partial charge in [-0.1, -0.05) is 26.2 Å². The van der Waals surface area contributed by atoms with Crippen LogP contribution in [0, 0.1) is 5.92 Å². The van der Waals surface area contributed by atoms with E-state index in [4.69, 9.17) is 12.6 Å². The van der Waals surface area contributed by atoms with Crippen LogP contribution in [0.25, 0.3) is 0 Å². The Hall–Kier alpha value is -0.765. The van der Waals surface area contributed by atoms with Crippen LogP contribution in [0.5, 0.6) is 0 Å². The van der Waals surface area contributed by atoms with Crippen LogP contribution < -0.4 is 5.46 Å². The Labute approximate surface area is 86.9 Å². The van der Waals surface area contributed by atoms with Crippen molar-refractivity contribution in [1.82, 2.24) is 9.78 Å². The molecule has 0 N–H and O–H groups in total. The molecule has 2 radical (unpaired) electrons. The summed E-state index contributed by atoms with van der Waals surface area (Å²) in [6.45, 7) is 7.74. The van der Waals surface area contributed by atoms with Gasteiger partial charge in [0.2, 0.25) is 0 Å². The summed E-state index contributed by atoms with van der Waals surface area (Å²) in [5.74, 6) is 0.532. The molecule has 14 heavy (non-hydrogen) atoms. The Bertz CT molecular complexity index is 275. The van der Waals surface area contributed by atoms with Gasteiger partial charge in [0.25, 0.3) is 0 Å². The van der Waals surface area contributed by atoms with Crippen LogP contribution in [0.4, 0.5) is 0 Å². The predicted molar refractivity (Wildman–Crippen MR) is 58.0 cm³/mol. The molecule has 76 valence electrons. The van der Waals surface area contributed by atoms with Crippen molar-refractivity contribution in [2.24, 2.45) is 5.92 Å². The molecule has 3 nitrogen and oxygen atoms in total. The fourth-order valence-corrected chi connectivity index (χ4v) is 1.52. The minimum absolute atomic E-state index is 0.363. The first kappa shape index (κ1) is 11.3. The number of hydrogen-bond donors (Lipinski definition) is 0. The van der Waals surface area contributed by atoms with E-state index >= 15 is 0 Å². The Kier molecular flexibility index (Phi) is 4.20. The summed E-state index contributed by atoms with van der Waals surface area (Å²) >= 11 is 0. The fourth-order valence-electron chi connectivity index (χ4n) is 1.52. The maximum Gasteiger partial charge on any atom is 0.118 e. The number of hydrogen-bond acceptors (Lipinski definition) is 2. The lowest BCUT2D eigenvalue weighted by Crippen LogP contribution is -2.16. The Balaban J connectivity index is 0.000000461. The molecule has 0 spiro atoms. The zero-order chi connectivity index (χ0) is 10.6. The van der Waals surface area contributed by atoms with E-state index in [0.717, 1.165) is 13.2 Å². The van der Waals surface area contributed by atoms with E-state index in [2.05, 4.69) is 12.0 Å². The van der Waals surface area contributed by atoms with Gasteiger partial charge in [-0.15, -0.1) is 0 Å². The molecule has 0 bridgehead atoms. The van der Waals surface area contributed by atoms with Gasteiger partial charge in [-0.05, 0) is 0 Å². The number of aromatic nitrogens is 2. The SMILES string of the molecule is CC.[B]c1cnn([C@H]2COCC2C)c1. The second kappa shape index (κ2) is 5.20. The highest BCUT2D eigenvalue weighted by molar-refractivity contribution is 6.31. The molecule has 2 heterocycles. The van der Waals surface area contributed by atoms with Gasteiger partial charge in [0.1, 0.15) is 7.85 Å². The van der Waals surface area contributed by atoms with Gasteiger partial charge in [-0.3, -0.25) is 4.68 Å². The molecule has 1 aromatic rings. The molecule has 1 saturated heterocycles. The summed E-state index contributed by atoms with van der Waals surface area (Å²) in [7, 11) is 5.57. The highest BCUT2D eigenvalue weighted by Gasteiger charge is 2.25. The molecule has 4 heteroatoms. The van der Waals surface area contributed by atoms with Gasteiger partial charge < -0.3 is 4.74 Å². The fraction of sp³-hybridized carbons (Fsp3) is 0.700. The van der Waals surface area contributed by atoms with E-state index in [1.165, 1.54) is 0 Å². The maximum atomic E-state index is 5.57. The molecule has 1 aliphatic rings. The second-order valence-electron chi connectivity index (χ2n) is 3.34. The lowest BCUT2D eigenvalue weighted by Gasteiger charge is -2.12. The van der Waals surface area contributed by atoms with E-state index in [0.29, 0.717) is 17.4 Å². The van der Waals surface area contributed by atoms with Crippen molar-refractivity contribution in [3.05, 3.63) is 12.4 Å². The molecular weight excluding hydrogens is 175 g/mol. The Morgan fingerprint density at radius 1 is 1.50 bits per heavy atom. The second-order valence-corrected chi connectivity index (χ2v) is 3.34. The minimum atomic E-state index is 0.363. The van der Waals surface area contributed by atoms with Gasteiger partial charge in [-0.2, -0.15) is 5.10 Å². The first-order valence-electron chi connectivity index (χ1n) is 5.15. The van der Waals surface area contributed by atoms with Crippen molar-refractivity contribution >= 4 is 13.3 Å². The lowest BCUT2D eigenvalue weighted by molar-refractivity contribution is 0.181. The van der Waals surface area contributed by atoms with Crippen molar-refractivity contribution in [3.63, 3.8) is 0 Å². The highest BCUT2D eigenvalue weighted by atomic mass is 16.5. The Morgan fingerprint density at radius 3 is 2.64 bits per heavy atom. The van der Waals surface area contributed by atoms with Crippen molar-refractivity contribution in [2.45, 2.75) is 26.8 Å². The largest absolute Gasteiger partial charge is 0.379 e. The third-order valence-corrected chi connectivity index (χ3v) is 2.29. The predicted octanol–water partition coefficient (Wildman–Crippen LogP) is 0.910. The molecule has 0 saturated carbocycles. The minimum Gasteiger partial charge on any atom is -0.379 e. The first-order chi connectivity index (χ1) is 6.77. The zero-order valence-corrected chi connectivity index (χ0v) is 9.10. The van der Waals surface area contributed by atoms with Crippen LogP contribution in [0.3, 0.4) is 0 Å². The van der Waals surface area contributed by atoms with Gasteiger partial charge in [0.05, 0.1) is 19.3 Å². The molecular formula is C10H17BN2O. The third-order valence-electron chi connectivity index (χ3n) is 2.29.